The lowest BCUT2D eigenvalue weighted by Gasteiger charge is -2.29. The van der Waals surface area contributed by atoms with Gasteiger partial charge in [0.15, 0.2) is 0 Å². The molecule has 0 N–H and O–H groups in total. The van der Waals surface area contributed by atoms with Crippen LogP contribution in [0.4, 0.5) is 5.69 Å². The zero-order valence-corrected chi connectivity index (χ0v) is 18.1. The maximum atomic E-state index is 11.8. The van der Waals surface area contributed by atoms with Crippen molar-refractivity contribution in [3.8, 4) is 5.88 Å². The minimum absolute atomic E-state index is 0.213. The van der Waals surface area contributed by atoms with E-state index in [1.165, 1.54) is 5.56 Å². The molecule has 3 heterocycles. The second-order valence-electron chi connectivity index (χ2n) is 7.97. The summed E-state index contributed by atoms with van der Waals surface area (Å²) in [5, 5.41) is 0. The van der Waals surface area contributed by atoms with Gasteiger partial charge in [-0.3, -0.25) is 9.79 Å². The van der Waals surface area contributed by atoms with E-state index in [-0.39, 0.29) is 5.91 Å². The van der Waals surface area contributed by atoms with Crippen molar-refractivity contribution in [2.24, 2.45) is 4.99 Å². The van der Waals surface area contributed by atoms with Gasteiger partial charge in [0.2, 0.25) is 11.8 Å². The van der Waals surface area contributed by atoms with E-state index in [0.29, 0.717) is 32.0 Å². The van der Waals surface area contributed by atoms with E-state index in [1.807, 2.05) is 29.3 Å². The number of morpholine rings is 1. The second kappa shape index (κ2) is 10.4. The lowest BCUT2D eigenvalue weighted by Crippen LogP contribution is -2.36. The number of nitrogens with zero attached hydrogens (tertiary/aromatic N) is 4. The summed E-state index contributed by atoms with van der Waals surface area (Å²) in [7, 11) is 0. The molecule has 1 amide bonds. The van der Waals surface area contributed by atoms with Gasteiger partial charge in [-0.2, -0.15) is 0 Å². The van der Waals surface area contributed by atoms with Crippen LogP contribution in [0.25, 0.3) is 0 Å². The maximum absolute atomic E-state index is 11.8. The van der Waals surface area contributed by atoms with Crippen LogP contribution in [-0.2, 0) is 16.1 Å². The molecule has 0 saturated carbocycles. The van der Waals surface area contributed by atoms with Crippen LogP contribution in [0.1, 0.15) is 29.7 Å². The predicted molar refractivity (Wildman–Crippen MR) is 121 cm³/mol. The smallest absolute Gasteiger partial charge is 0.222 e. The predicted octanol–water partition coefficient (Wildman–Crippen LogP) is 2.85. The Bertz CT molecular complexity index is 925. The molecule has 2 fully saturated rings. The molecule has 0 aliphatic carbocycles. The number of hydrogen-bond donors (Lipinski definition) is 0. The van der Waals surface area contributed by atoms with Gasteiger partial charge < -0.3 is 19.3 Å². The van der Waals surface area contributed by atoms with Crippen LogP contribution in [0.2, 0.25) is 0 Å². The van der Waals surface area contributed by atoms with Crippen molar-refractivity contribution in [3.63, 3.8) is 0 Å². The third kappa shape index (κ3) is 6.04. The fourth-order valence-electron chi connectivity index (χ4n) is 3.90. The lowest BCUT2D eigenvalue weighted by molar-refractivity contribution is -0.128. The third-order valence-electron chi connectivity index (χ3n) is 5.53. The van der Waals surface area contributed by atoms with Crippen LogP contribution in [0.3, 0.4) is 0 Å². The number of aryl methyl sites for hydroxylation is 1. The molecule has 2 aliphatic rings. The normalized spacial score (nSPS) is 17.0. The molecule has 2 aliphatic heterocycles. The van der Waals surface area contributed by atoms with E-state index in [1.54, 1.807) is 0 Å². The average Bonchev–Trinajstić information content (AvgIpc) is 3.19. The van der Waals surface area contributed by atoms with E-state index >= 15 is 0 Å². The average molecular weight is 423 g/mol. The van der Waals surface area contributed by atoms with Gasteiger partial charge in [-0.15, -0.1) is 0 Å². The second-order valence-corrected chi connectivity index (χ2v) is 7.97. The maximum Gasteiger partial charge on any atom is 0.222 e. The molecular weight excluding hydrogens is 392 g/mol. The van der Waals surface area contributed by atoms with Crippen molar-refractivity contribution in [3.05, 3.63) is 53.2 Å². The number of carbonyl (C=O) groups is 1. The first-order valence-corrected chi connectivity index (χ1v) is 11.0. The Kier molecular flexibility index (Phi) is 7.14. The van der Waals surface area contributed by atoms with Crippen LogP contribution < -0.4 is 9.64 Å². The Morgan fingerprint density at radius 1 is 1.19 bits per heavy atom. The molecule has 7 heteroatoms. The van der Waals surface area contributed by atoms with Crippen LogP contribution in [0.15, 0.2) is 41.4 Å². The largest absolute Gasteiger partial charge is 0.476 e. The molecule has 31 heavy (non-hydrogen) atoms. The Balaban J connectivity index is 1.45. The van der Waals surface area contributed by atoms with Crippen LogP contribution in [-0.4, -0.2) is 68.0 Å². The van der Waals surface area contributed by atoms with Crippen LogP contribution >= 0.6 is 0 Å². The van der Waals surface area contributed by atoms with Crippen molar-refractivity contribution in [2.75, 3.05) is 50.9 Å². The SMILES string of the molecule is Cc1cccc(C=NCc2cc(N3CCOCC3)cc(OCCN3CCCC3=O)n2)c1. The number of aliphatic imine (C=N–C) groups is 1. The van der Waals surface area contributed by atoms with Gasteiger partial charge in [-0.05, 0) is 25.0 Å². The molecule has 0 atom stereocenters. The third-order valence-corrected chi connectivity index (χ3v) is 5.53. The molecule has 7 nitrogen and oxygen atoms in total. The van der Waals surface area contributed by atoms with Gasteiger partial charge in [0.25, 0.3) is 0 Å². The number of ether oxygens (including phenoxy) is 2. The molecule has 1 aromatic carbocycles. The fourth-order valence-corrected chi connectivity index (χ4v) is 3.90. The molecule has 164 valence electrons. The highest BCUT2D eigenvalue weighted by Gasteiger charge is 2.20. The standard InChI is InChI=1S/C24H30N4O3/c1-19-4-2-5-20(14-19)17-25-18-21-15-22(27-8-11-30-12-9-27)16-23(26-21)31-13-10-28-7-3-6-24(28)29/h2,4-5,14-17H,3,6-13,18H2,1H3. The summed E-state index contributed by atoms with van der Waals surface area (Å²) >= 11 is 0. The molecule has 0 spiro atoms. The van der Waals surface area contributed by atoms with Crippen molar-refractivity contribution in [1.82, 2.24) is 9.88 Å². The summed E-state index contributed by atoms with van der Waals surface area (Å²) in [4.78, 5) is 25.2. The first-order chi connectivity index (χ1) is 15.2. The molecule has 4 rings (SSSR count). The van der Waals surface area contributed by atoms with E-state index in [0.717, 1.165) is 56.2 Å². The Morgan fingerprint density at radius 3 is 2.84 bits per heavy atom. The number of amides is 1. The highest BCUT2D eigenvalue weighted by molar-refractivity contribution is 5.79. The summed E-state index contributed by atoms with van der Waals surface area (Å²) in [6.07, 6.45) is 3.47. The van der Waals surface area contributed by atoms with Gasteiger partial charge in [0.1, 0.15) is 6.61 Å². The molecule has 1 aromatic heterocycles. The number of benzene rings is 1. The van der Waals surface area contributed by atoms with Gasteiger partial charge in [0.05, 0.1) is 32.0 Å². The molecule has 2 saturated heterocycles. The molecule has 2 aromatic rings. The van der Waals surface area contributed by atoms with E-state index in [4.69, 9.17) is 9.47 Å². The first kappa shape index (κ1) is 21.3. The minimum Gasteiger partial charge on any atom is -0.476 e. The number of carbonyl (C=O) groups excluding carboxylic acids is 1. The topological polar surface area (TPSA) is 67.3 Å². The van der Waals surface area contributed by atoms with Crippen molar-refractivity contribution in [2.45, 2.75) is 26.3 Å². The number of hydrogen-bond acceptors (Lipinski definition) is 6. The van der Waals surface area contributed by atoms with E-state index < -0.39 is 0 Å². The Hall–Kier alpha value is -2.93. The monoisotopic (exact) mass is 422 g/mol. The molecule has 0 radical (unpaired) electrons. The Morgan fingerprint density at radius 2 is 2.06 bits per heavy atom. The van der Waals surface area contributed by atoms with Gasteiger partial charge in [0, 0.05) is 44.0 Å². The highest BCUT2D eigenvalue weighted by Crippen LogP contribution is 2.23. The molecular formula is C24H30N4O3. The van der Waals surface area contributed by atoms with E-state index in [9.17, 15) is 4.79 Å². The fraction of sp³-hybridized carbons (Fsp3) is 0.458. The number of anilines is 1. The minimum atomic E-state index is 0.213. The summed E-state index contributed by atoms with van der Waals surface area (Å²) < 4.78 is 11.4. The lowest BCUT2D eigenvalue weighted by atomic mass is 10.1. The Labute approximate surface area is 183 Å². The number of pyridine rings is 1. The van der Waals surface area contributed by atoms with Gasteiger partial charge in [-0.1, -0.05) is 29.8 Å². The van der Waals surface area contributed by atoms with Crippen molar-refractivity contribution in [1.29, 1.82) is 0 Å². The van der Waals surface area contributed by atoms with Crippen molar-refractivity contribution < 1.29 is 14.3 Å². The van der Waals surface area contributed by atoms with E-state index in [2.05, 4.69) is 40.0 Å². The molecule has 0 unspecified atom stereocenters. The number of rotatable bonds is 8. The van der Waals surface area contributed by atoms with Gasteiger partial charge in [-0.25, -0.2) is 4.98 Å². The summed E-state index contributed by atoms with van der Waals surface area (Å²) in [5.74, 6) is 0.793. The van der Waals surface area contributed by atoms with Crippen molar-refractivity contribution >= 4 is 17.8 Å². The summed E-state index contributed by atoms with van der Waals surface area (Å²) in [6.45, 7) is 7.54. The molecule has 0 bridgehead atoms. The quantitative estimate of drug-likeness (QED) is 0.612. The van der Waals surface area contributed by atoms with Crippen LogP contribution in [0.5, 0.6) is 5.88 Å². The summed E-state index contributed by atoms with van der Waals surface area (Å²) in [6, 6.07) is 12.3. The summed E-state index contributed by atoms with van der Waals surface area (Å²) in [5.41, 5.74) is 4.23. The van der Waals surface area contributed by atoms with Crippen LogP contribution in [0, 0.1) is 6.92 Å². The zero-order chi connectivity index (χ0) is 21.5. The number of aromatic nitrogens is 1. The zero-order valence-electron chi connectivity index (χ0n) is 18.1. The number of likely N-dealkylation sites (tertiary alicyclic amines) is 1. The highest BCUT2D eigenvalue weighted by atomic mass is 16.5. The van der Waals surface area contributed by atoms with Gasteiger partial charge >= 0.3 is 0 Å². The first-order valence-electron chi connectivity index (χ1n) is 11.0.